The molecule has 0 spiro atoms. The lowest BCUT2D eigenvalue weighted by Gasteiger charge is -2.31. The zero-order valence-corrected chi connectivity index (χ0v) is 12.3. The van der Waals surface area contributed by atoms with Gasteiger partial charge in [-0.05, 0) is 31.6 Å². The monoisotopic (exact) mass is 256 g/mol. The zero-order chi connectivity index (χ0) is 13.5. The predicted octanol–water partition coefficient (Wildman–Crippen LogP) is 3.76. The highest BCUT2D eigenvalue weighted by molar-refractivity contribution is 5.72. The summed E-state index contributed by atoms with van der Waals surface area (Å²) in [5.74, 6) is 1.36. The average Bonchev–Trinajstić information content (AvgIpc) is 2.38. The van der Waals surface area contributed by atoms with Gasteiger partial charge in [-0.15, -0.1) is 0 Å². The van der Waals surface area contributed by atoms with Crippen molar-refractivity contribution in [2.45, 2.75) is 66.1 Å². The van der Waals surface area contributed by atoms with Crippen LogP contribution in [0.3, 0.4) is 0 Å². The van der Waals surface area contributed by atoms with Gasteiger partial charge >= 0.3 is 5.97 Å². The molecule has 3 unspecified atom stereocenters. The first-order valence-corrected chi connectivity index (χ1v) is 7.40. The first-order chi connectivity index (χ1) is 8.58. The van der Waals surface area contributed by atoms with Crippen molar-refractivity contribution in [3.8, 4) is 0 Å². The van der Waals surface area contributed by atoms with E-state index < -0.39 is 0 Å². The minimum atomic E-state index is -0.359. The van der Waals surface area contributed by atoms with Gasteiger partial charge in [0.1, 0.15) is 0 Å². The van der Waals surface area contributed by atoms with Crippen LogP contribution in [-0.2, 0) is 14.3 Å². The van der Waals surface area contributed by atoms with Crippen molar-refractivity contribution in [2.24, 2.45) is 17.8 Å². The third-order valence-corrected chi connectivity index (χ3v) is 3.92. The Bertz CT molecular complexity index is 250. The lowest BCUT2D eigenvalue weighted by atomic mass is 9.76. The first kappa shape index (κ1) is 15.5. The summed E-state index contributed by atoms with van der Waals surface area (Å²) in [6.45, 7) is 8.98. The van der Waals surface area contributed by atoms with Crippen LogP contribution in [0, 0.1) is 17.8 Å². The summed E-state index contributed by atoms with van der Waals surface area (Å²) in [6, 6.07) is 0. The minimum absolute atomic E-state index is 0.0550. The van der Waals surface area contributed by atoms with E-state index in [-0.39, 0.29) is 18.2 Å². The molecule has 0 aliphatic heterocycles. The van der Waals surface area contributed by atoms with E-state index in [2.05, 4.69) is 13.8 Å². The van der Waals surface area contributed by atoms with Crippen LogP contribution in [0.15, 0.2) is 0 Å². The lowest BCUT2D eigenvalue weighted by Crippen LogP contribution is -2.30. The molecule has 0 heterocycles. The van der Waals surface area contributed by atoms with Crippen LogP contribution >= 0.6 is 0 Å². The molecule has 1 rings (SSSR count). The Balaban J connectivity index is 2.45. The smallest absolute Gasteiger partial charge is 0.311 e. The molecule has 1 aliphatic carbocycles. The van der Waals surface area contributed by atoms with Crippen molar-refractivity contribution in [1.82, 2.24) is 0 Å². The highest BCUT2D eigenvalue weighted by Crippen LogP contribution is 2.34. The number of hydrogen-bond acceptors (Lipinski definition) is 3. The fraction of sp³-hybridized carbons (Fsp3) is 0.933. The van der Waals surface area contributed by atoms with E-state index in [0.717, 1.165) is 25.7 Å². The highest BCUT2D eigenvalue weighted by atomic mass is 16.7. The Labute approximate surface area is 111 Å². The summed E-state index contributed by atoms with van der Waals surface area (Å²) < 4.78 is 10.8. The molecule has 1 aliphatic rings. The quantitative estimate of drug-likeness (QED) is 0.536. The van der Waals surface area contributed by atoms with Crippen LogP contribution in [0.4, 0.5) is 0 Å². The molecule has 0 saturated heterocycles. The van der Waals surface area contributed by atoms with Gasteiger partial charge in [0.25, 0.3) is 0 Å². The zero-order valence-electron chi connectivity index (χ0n) is 12.3. The molecule has 0 aromatic heterocycles. The summed E-state index contributed by atoms with van der Waals surface area (Å²) in [4.78, 5) is 12.1. The van der Waals surface area contributed by atoms with Gasteiger partial charge in [-0.25, -0.2) is 0 Å². The normalized spacial score (nSPS) is 26.1. The third kappa shape index (κ3) is 4.60. The Kier molecular flexibility index (Phi) is 6.69. The topological polar surface area (TPSA) is 35.5 Å². The van der Waals surface area contributed by atoms with E-state index in [1.807, 2.05) is 13.8 Å². The van der Waals surface area contributed by atoms with Gasteiger partial charge < -0.3 is 9.47 Å². The molecule has 1 fully saturated rings. The summed E-state index contributed by atoms with van der Waals surface area (Å²) >= 11 is 0. The van der Waals surface area contributed by atoms with Crippen molar-refractivity contribution in [3.63, 3.8) is 0 Å². The largest absolute Gasteiger partial charge is 0.436 e. The number of rotatable bonds is 6. The third-order valence-electron chi connectivity index (χ3n) is 3.92. The van der Waals surface area contributed by atoms with Crippen molar-refractivity contribution < 1.29 is 14.3 Å². The molecule has 106 valence electrons. The van der Waals surface area contributed by atoms with Crippen LogP contribution < -0.4 is 0 Å². The Hall–Kier alpha value is -0.570. The molecule has 3 heteroatoms. The summed E-state index contributed by atoms with van der Waals surface area (Å²) in [6.07, 6.45) is 4.73. The Morgan fingerprint density at radius 1 is 1.28 bits per heavy atom. The molecule has 0 N–H and O–H groups in total. The highest BCUT2D eigenvalue weighted by Gasteiger charge is 2.30. The predicted molar refractivity (Wildman–Crippen MR) is 72.1 cm³/mol. The maximum Gasteiger partial charge on any atom is 0.311 e. The van der Waals surface area contributed by atoms with Crippen molar-refractivity contribution >= 4 is 5.97 Å². The number of carbonyl (C=O) groups excluding carboxylic acids is 1. The van der Waals surface area contributed by atoms with Gasteiger partial charge in [-0.2, -0.15) is 0 Å². The number of hydrogen-bond donors (Lipinski definition) is 0. The van der Waals surface area contributed by atoms with Gasteiger partial charge in [0.15, 0.2) is 0 Å². The second-order valence-electron chi connectivity index (χ2n) is 5.60. The Morgan fingerprint density at radius 2 is 2.00 bits per heavy atom. The molecule has 0 amide bonds. The molecule has 1 saturated carbocycles. The molecular weight excluding hydrogens is 228 g/mol. The van der Waals surface area contributed by atoms with Crippen molar-refractivity contribution in [1.29, 1.82) is 0 Å². The van der Waals surface area contributed by atoms with E-state index in [0.29, 0.717) is 18.4 Å². The van der Waals surface area contributed by atoms with Crippen LogP contribution in [0.2, 0.25) is 0 Å². The van der Waals surface area contributed by atoms with Gasteiger partial charge in [-0.3, -0.25) is 4.79 Å². The molecule has 3 nitrogen and oxygen atoms in total. The van der Waals surface area contributed by atoms with Gasteiger partial charge in [0.2, 0.25) is 6.29 Å². The minimum Gasteiger partial charge on any atom is -0.436 e. The standard InChI is InChI=1S/C15H28O3/c1-5-14(17-6-2)18-15(16)13-9-7-8-12(10-13)11(3)4/h11-14H,5-10H2,1-4H3. The molecule has 18 heavy (non-hydrogen) atoms. The molecule has 0 aromatic rings. The van der Waals surface area contributed by atoms with E-state index >= 15 is 0 Å². The second-order valence-corrected chi connectivity index (χ2v) is 5.60. The maximum absolute atomic E-state index is 12.1. The van der Waals surface area contributed by atoms with Gasteiger partial charge in [-0.1, -0.05) is 33.6 Å². The van der Waals surface area contributed by atoms with Crippen LogP contribution in [-0.4, -0.2) is 18.9 Å². The van der Waals surface area contributed by atoms with E-state index in [1.165, 1.54) is 6.42 Å². The van der Waals surface area contributed by atoms with Crippen LogP contribution in [0.1, 0.15) is 59.8 Å². The van der Waals surface area contributed by atoms with Crippen LogP contribution in [0.25, 0.3) is 0 Å². The van der Waals surface area contributed by atoms with Gasteiger partial charge in [0.05, 0.1) is 5.92 Å². The van der Waals surface area contributed by atoms with Gasteiger partial charge in [0, 0.05) is 13.0 Å². The summed E-state index contributed by atoms with van der Waals surface area (Å²) in [5.41, 5.74) is 0. The number of carbonyl (C=O) groups is 1. The average molecular weight is 256 g/mol. The number of esters is 1. The molecule has 0 bridgehead atoms. The number of ether oxygens (including phenoxy) is 2. The summed E-state index contributed by atoms with van der Waals surface area (Å²) in [5, 5.41) is 0. The lowest BCUT2D eigenvalue weighted by molar-refractivity contribution is -0.184. The van der Waals surface area contributed by atoms with E-state index in [9.17, 15) is 4.79 Å². The van der Waals surface area contributed by atoms with E-state index in [1.54, 1.807) is 0 Å². The fourth-order valence-electron chi connectivity index (χ4n) is 2.69. The second kappa shape index (κ2) is 7.78. The first-order valence-electron chi connectivity index (χ1n) is 7.40. The Morgan fingerprint density at radius 3 is 2.56 bits per heavy atom. The van der Waals surface area contributed by atoms with Crippen LogP contribution in [0.5, 0.6) is 0 Å². The SMILES string of the molecule is CCOC(CC)OC(=O)C1CCCC(C(C)C)C1. The maximum atomic E-state index is 12.1. The van der Waals surface area contributed by atoms with Crippen molar-refractivity contribution in [2.75, 3.05) is 6.61 Å². The molecule has 0 radical (unpaired) electrons. The molecule has 3 atom stereocenters. The molecular formula is C15H28O3. The van der Waals surface area contributed by atoms with Crippen molar-refractivity contribution in [3.05, 3.63) is 0 Å². The summed E-state index contributed by atoms with van der Waals surface area (Å²) in [7, 11) is 0. The fourth-order valence-corrected chi connectivity index (χ4v) is 2.69. The molecule has 0 aromatic carbocycles. The van der Waals surface area contributed by atoms with E-state index in [4.69, 9.17) is 9.47 Å².